The highest BCUT2D eigenvalue weighted by molar-refractivity contribution is 5.91. The predicted molar refractivity (Wildman–Crippen MR) is 118 cm³/mol. The summed E-state index contributed by atoms with van der Waals surface area (Å²) < 4.78 is 38.6. The fourth-order valence-corrected chi connectivity index (χ4v) is 3.82. The highest BCUT2D eigenvalue weighted by Gasteiger charge is 2.25. The minimum absolute atomic E-state index is 0.0133. The van der Waals surface area contributed by atoms with Crippen LogP contribution in [-0.2, 0) is 13.2 Å². The highest BCUT2D eigenvalue weighted by atomic mass is 19.2. The Morgan fingerprint density at radius 2 is 1.88 bits per heavy atom. The zero-order valence-corrected chi connectivity index (χ0v) is 18.5. The van der Waals surface area contributed by atoms with E-state index in [0.717, 1.165) is 6.07 Å². The molecule has 0 unspecified atom stereocenters. The smallest absolute Gasteiger partial charge is 0.289 e. The van der Waals surface area contributed by atoms with E-state index in [4.69, 9.17) is 9.15 Å². The summed E-state index contributed by atoms with van der Waals surface area (Å²) in [5.41, 5.74) is 0.787. The van der Waals surface area contributed by atoms with Gasteiger partial charge in [0.2, 0.25) is 0 Å². The number of aryl methyl sites for hydroxylation is 1. The molecule has 0 N–H and O–H groups in total. The van der Waals surface area contributed by atoms with E-state index in [1.807, 2.05) is 4.90 Å². The molecule has 34 heavy (non-hydrogen) atoms. The normalized spacial score (nSPS) is 14.3. The maximum Gasteiger partial charge on any atom is 0.289 e. The lowest BCUT2D eigenvalue weighted by Crippen LogP contribution is -2.48. The lowest BCUT2D eigenvalue weighted by molar-refractivity contribution is -0.385. The van der Waals surface area contributed by atoms with Crippen molar-refractivity contribution >= 4 is 11.6 Å². The van der Waals surface area contributed by atoms with Crippen LogP contribution in [0.4, 0.5) is 14.5 Å². The van der Waals surface area contributed by atoms with Gasteiger partial charge in [-0.25, -0.2) is 8.78 Å². The maximum absolute atomic E-state index is 13.9. The van der Waals surface area contributed by atoms with Gasteiger partial charge in [-0.3, -0.25) is 19.8 Å². The first kappa shape index (κ1) is 23.4. The summed E-state index contributed by atoms with van der Waals surface area (Å²) in [7, 11) is 0. The topological polar surface area (TPSA) is 89.1 Å². The molecule has 0 atom stereocenters. The number of ether oxygens (including phenoxy) is 1. The SMILES string of the molecule is Cc1cc(OCc2ccc(C(=O)N3CCN(Cc4cccc(F)c4F)CC3)o2)ccc1[N+](=O)[O-]. The van der Waals surface area contributed by atoms with Crippen LogP contribution in [0.1, 0.15) is 27.4 Å². The van der Waals surface area contributed by atoms with Crippen LogP contribution in [0, 0.1) is 28.7 Å². The molecule has 3 aromatic rings. The molecule has 1 fully saturated rings. The molecule has 2 heterocycles. The number of nitro benzene ring substituents is 1. The summed E-state index contributed by atoms with van der Waals surface area (Å²) >= 11 is 0. The fraction of sp³-hybridized carbons (Fsp3) is 0.292. The predicted octanol–water partition coefficient (Wildman–Crippen LogP) is 4.31. The van der Waals surface area contributed by atoms with Crippen LogP contribution in [0.5, 0.6) is 5.75 Å². The lowest BCUT2D eigenvalue weighted by Gasteiger charge is -2.34. The van der Waals surface area contributed by atoms with Crippen LogP contribution in [0.15, 0.2) is 52.9 Å². The first-order chi connectivity index (χ1) is 16.3. The molecule has 4 rings (SSSR count). The van der Waals surface area contributed by atoms with E-state index in [9.17, 15) is 23.7 Å². The van der Waals surface area contributed by atoms with Crippen molar-refractivity contribution < 1.29 is 27.7 Å². The zero-order chi connectivity index (χ0) is 24.2. The van der Waals surface area contributed by atoms with Crippen molar-refractivity contribution in [2.75, 3.05) is 26.2 Å². The summed E-state index contributed by atoms with van der Waals surface area (Å²) in [5.74, 6) is -0.877. The molecule has 1 saturated heterocycles. The summed E-state index contributed by atoms with van der Waals surface area (Å²) in [5, 5.41) is 10.9. The standard InChI is InChI=1S/C24H23F2N3O5/c1-16-13-18(5-7-21(16)29(31)32)33-15-19-6-8-22(34-19)24(30)28-11-9-27(10-12-28)14-17-3-2-4-20(25)23(17)26/h2-8,13H,9-12,14-15H2,1H3. The number of amides is 1. The van der Waals surface area contributed by atoms with Crippen LogP contribution < -0.4 is 4.74 Å². The number of furan rings is 1. The average Bonchev–Trinajstić information content (AvgIpc) is 3.30. The molecule has 8 nitrogen and oxygen atoms in total. The van der Waals surface area contributed by atoms with Crippen LogP contribution in [-0.4, -0.2) is 46.8 Å². The monoisotopic (exact) mass is 471 g/mol. The number of hydrogen-bond donors (Lipinski definition) is 0. The van der Waals surface area contributed by atoms with Crippen LogP contribution in [0.3, 0.4) is 0 Å². The number of halogens is 2. The van der Waals surface area contributed by atoms with Gasteiger partial charge in [0.1, 0.15) is 18.1 Å². The van der Waals surface area contributed by atoms with Gasteiger partial charge in [-0.2, -0.15) is 0 Å². The van der Waals surface area contributed by atoms with E-state index in [1.54, 1.807) is 36.1 Å². The largest absolute Gasteiger partial charge is 0.486 e. The quantitative estimate of drug-likeness (QED) is 0.377. The van der Waals surface area contributed by atoms with Gasteiger partial charge in [-0.15, -0.1) is 0 Å². The number of carbonyl (C=O) groups excluding carboxylic acids is 1. The first-order valence-corrected chi connectivity index (χ1v) is 10.7. The van der Waals surface area contributed by atoms with Crippen molar-refractivity contribution in [3.8, 4) is 5.75 Å². The van der Waals surface area contributed by atoms with Crippen molar-refractivity contribution in [1.29, 1.82) is 0 Å². The third kappa shape index (κ3) is 5.23. The number of piperazine rings is 1. The van der Waals surface area contributed by atoms with Gasteiger partial charge in [0, 0.05) is 49.9 Å². The Balaban J connectivity index is 1.29. The Hall–Kier alpha value is -3.79. The van der Waals surface area contributed by atoms with Crippen LogP contribution in [0.2, 0.25) is 0 Å². The van der Waals surface area contributed by atoms with Crippen molar-refractivity contribution in [1.82, 2.24) is 9.80 Å². The van der Waals surface area contributed by atoms with E-state index < -0.39 is 16.6 Å². The molecule has 1 aromatic heterocycles. The molecular formula is C24H23F2N3O5. The van der Waals surface area contributed by atoms with Crippen molar-refractivity contribution in [2.24, 2.45) is 0 Å². The number of nitro groups is 1. The highest BCUT2D eigenvalue weighted by Crippen LogP contribution is 2.24. The second-order valence-corrected chi connectivity index (χ2v) is 8.04. The average molecular weight is 471 g/mol. The summed E-state index contributed by atoms with van der Waals surface area (Å²) in [4.78, 5) is 26.9. The fourth-order valence-electron chi connectivity index (χ4n) is 3.82. The molecular weight excluding hydrogens is 448 g/mol. The minimum atomic E-state index is -0.868. The molecule has 10 heteroatoms. The van der Waals surface area contributed by atoms with Gasteiger partial charge in [-0.1, -0.05) is 12.1 Å². The molecule has 1 aliphatic rings. The zero-order valence-electron chi connectivity index (χ0n) is 18.5. The second-order valence-electron chi connectivity index (χ2n) is 8.04. The molecule has 1 aliphatic heterocycles. The number of rotatable bonds is 7. The summed E-state index contributed by atoms with van der Waals surface area (Å²) in [6, 6.07) is 11.8. The van der Waals surface area contributed by atoms with Crippen LogP contribution >= 0.6 is 0 Å². The molecule has 0 bridgehead atoms. The Morgan fingerprint density at radius 1 is 1.12 bits per heavy atom. The summed E-state index contributed by atoms with van der Waals surface area (Å²) in [6.07, 6.45) is 0. The molecule has 178 valence electrons. The van der Waals surface area contributed by atoms with E-state index in [-0.39, 0.29) is 30.5 Å². The van der Waals surface area contributed by atoms with E-state index >= 15 is 0 Å². The lowest BCUT2D eigenvalue weighted by atomic mass is 10.1. The Bertz CT molecular complexity index is 1210. The number of benzene rings is 2. The van der Waals surface area contributed by atoms with E-state index in [1.165, 1.54) is 18.2 Å². The number of nitrogens with zero attached hydrogens (tertiary/aromatic N) is 3. The van der Waals surface area contributed by atoms with Gasteiger partial charge in [0.15, 0.2) is 17.4 Å². The maximum atomic E-state index is 13.9. The molecule has 1 amide bonds. The molecule has 2 aromatic carbocycles. The Kier molecular flexibility index (Phi) is 6.87. The number of carbonyl (C=O) groups is 1. The molecule has 0 radical (unpaired) electrons. The van der Waals surface area contributed by atoms with Gasteiger partial charge in [0.05, 0.1) is 4.92 Å². The Labute approximate surface area is 194 Å². The third-order valence-corrected chi connectivity index (χ3v) is 5.70. The molecule has 0 aliphatic carbocycles. The van der Waals surface area contributed by atoms with Gasteiger partial charge >= 0.3 is 0 Å². The molecule has 0 spiro atoms. The number of hydrogen-bond acceptors (Lipinski definition) is 6. The van der Waals surface area contributed by atoms with E-state index in [2.05, 4.69) is 0 Å². The van der Waals surface area contributed by atoms with E-state index in [0.29, 0.717) is 48.8 Å². The molecule has 0 saturated carbocycles. The third-order valence-electron chi connectivity index (χ3n) is 5.70. The second kappa shape index (κ2) is 10.0. The van der Waals surface area contributed by atoms with Gasteiger partial charge in [-0.05, 0) is 37.3 Å². The summed E-state index contributed by atoms with van der Waals surface area (Å²) in [6.45, 7) is 3.89. The first-order valence-electron chi connectivity index (χ1n) is 10.7. The van der Waals surface area contributed by atoms with Gasteiger partial charge < -0.3 is 14.1 Å². The Morgan fingerprint density at radius 3 is 2.59 bits per heavy atom. The van der Waals surface area contributed by atoms with Crippen molar-refractivity contribution in [3.05, 3.63) is 92.9 Å². The van der Waals surface area contributed by atoms with Crippen LogP contribution in [0.25, 0.3) is 0 Å². The van der Waals surface area contributed by atoms with Gasteiger partial charge in [0.25, 0.3) is 11.6 Å². The van der Waals surface area contributed by atoms with Crippen molar-refractivity contribution in [3.63, 3.8) is 0 Å². The minimum Gasteiger partial charge on any atom is -0.486 e. The van der Waals surface area contributed by atoms with Crippen molar-refractivity contribution in [2.45, 2.75) is 20.1 Å².